The van der Waals surface area contributed by atoms with E-state index in [1.165, 1.54) is 10.4 Å². The summed E-state index contributed by atoms with van der Waals surface area (Å²) in [5.74, 6) is 0. The number of benzene rings is 1. The van der Waals surface area contributed by atoms with Crippen molar-refractivity contribution in [3.8, 4) is 0 Å². The first-order valence-electron chi connectivity index (χ1n) is 6.00. The summed E-state index contributed by atoms with van der Waals surface area (Å²) in [7, 11) is -3.93. The Morgan fingerprint density at radius 1 is 1.50 bits per heavy atom. The van der Waals surface area contributed by atoms with E-state index in [1.54, 1.807) is 0 Å². The highest BCUT2D eigenvalue weighted by atomic mass is 35.5. The molecule has 0 aliphatic carbocycles. The minimum atomic E-state index is -3.93. The van der Waals surface area contributed by atoms with Crippen molar-refractivity contribution in [2.24, 2.45) is 0 Å². The summed E-state index contributed by atoms with van der Waals surface area (Å²) in [4.78, 5) is 9.92. The molecule has 0 spiro atoms. The maximum Gasteiger partial charge on any atom is 0.289 e. The minimum Gasteiger partial charge on any atom is -0.312 e. The van der Waals surface area contributed by atoms with Gasteiger partial charge in [0.05, 0.1) is 4.92 Å². The highest BCUT2D eigenvalue weighted by molar-refractivity contribution is 7.89. The molecule has 1 N–H and O–H groups in total. The van der Waals surface area contributed by atoms with Crippen LogP contribution in [0.3, 0.4) is 0 Å². The molecule has 7 nitrogen and oxygen atoms in total. The van der Waals surface area contributed by atoms with Gasteiger partial charge in [0.1, 0.15) is 0 Å². The van der Waals surface area contributed by atoms with E-state index in [0.717, 1.165) is 12.1 Å². The topological polar surface area (TPSA) is 92.5 Å². The molecular weight excluding hydrogens is 306 g/mol. The number of nitro benzene ring substituents is 1. The fourth-order valence-corrected chi connectivity index (χ4v) is 4.05. The molecule has 9 heteroatoms. The zero-order valence-corrected chi connectivity index (χ0v) is 12.3. The molecule has 1 atom stereocenters. The Bertz CT molecular complexity index is 635. The number of nitrogens with one attached hydrogen (secondary N) is 1. The molecule has 0 aromatic heterocycles. The molecule has 1 fully saturated rings. The van der Waals surface area contributed by atoms with Crippen LogP contribution in [-0.4, -0.2) is 43.3 Å². The fourth-order valence-electron chi connectivity index (χ4n) is 2.10. The van der Waals surface area contributed by atoms with E-state index in [4.69, 9.17) is 11.6 Å². The number of hydrogen-bond donors (Lipinski definition) is 1. The maximum atomic E-state index is 12.5. The minimum absolute atomic E-state index is 0.00300. The van der Waals surface area contributed by atoms with Crippen molar-refractivity contribution in [1.29, 1.82) is 0 Å². The van der Waals surface area contributed by atoms with E-state index in [9.17, 15) is 18.5 Å². The Morgan fingerprint density at radius 2 is 2.20 bits per heavy atom. The third-order valence-electron chi connectivity index (χ3n) is 3.07. The quantitative estimate of drug-likeness (QED) is 0.668. The SMILES string of the molecule is CC1CN(S(=O)(=O)c2cc(Cl)ccc2[N+](=O)[O-])CCN1. The summed E-state index contributed by atoms with van der Waals surface area (Å²) in [6.07, 6.45) is 0. The van der Waals surface area contributed by atoms with Crippen LogP contribution < -0.4 is 5.32 Å². The predicted molar refractivity (Wildman–Crippen MR) is 74.3 cm³/mol. The van der Waals surface area contributed by atoms with Gasteiger partial charge in [-0.05, 0) is 19.1 Å². The fraction of sp³-hybridized carbons (Fsp3) is 0.455. The first-order chi connectivity index (χ1) is 9.32. The Morgan fingerprint density at radius 3 is 2.80 bits per heavy atom. The average molecular weight is 320 g/mol. The van der Waals surface area contributed by atoms with E-state index in [1.807, 2.05) is 6.92 Å². The van der Waals surface area contributed by atoms with Crippen LogP contribution in [0, 0.1) is 10.1 Å². The van der Waals surface area contributed by atoms with E-state index >= 15 is 0 Å². The molecule has 0 radical (unpaired) electrons. The monoisotopic (exact) mass is 319 g/mol. The second kappa shape index (κ2) is 5.65. The number of rotatable bonds is 3. The zero-order valence-electron chi connectivity index (χ0n) is 10.7. The van der Waals surface area contributed by atoms with Crippen molar-refractivity contribution in [1.82, 2.24) is 9.62 Å². The van der Waals surface area contributed by atoms with Crippen molar-refractivity contribution in [3.05, 3.63) is 33.3 Å². The first kappa shape index (κ1) is 15.2. The van der Waals surface area contributed by atoms with Crippen LogP contribution in [0.1, 0.15) is 6.92 Å². The van der Waals surface area contributed by atoms with E-state index in [0.29, 0.717) is 6.54 Å². The van der Waals surface area contributed by atoms with Crippen molar-refractivity contribution in [2.75, 3.05) is 19.6 Å². The molecule has 1 unspecified atom stereocenters. The second-order valence-electron chi connectivity index (χ2n) is 4.59. The molecule has 1 saturated heterocycles. The molecule has 1 aliphatic heterocycles. The normalized spacial score (nSPS) is 20.8. The molecule has 0 amide bonds. The average Bonchev–Trinajstić information content (AvgIpc) is 2.38. The van der Waals surface area contributed by atoms with Gasteiger partial charge in [0, 0.05) is 36.8 Å². The summed E-state index contributed by atoms with van der Waals surface area (Å²) in [6, 6.07) is 3.54. The largest absolute Gasteiger partial charge is 0.312 e. The molecule has 2 rings (SSSR count). The number of piperazine rings is 1. The summed E-state index contributed by atoms with van der Waals surface area (Å²) in [5.41, 5.74) is -0.458. The number of hydrogen-bond acceptors (Lipinski definition) is 5. The molecular formula is C11H14ClN3O4S. The van der Waals surface area contributed by atoms with E-state index in [-0.39, 0.29) is 29.0 Å². The third-order valence-corrected chi connectivity index (χ3v) is 5.20. The Hall–Kier alpha value is -1.22. The smallest absolute Gasteiger partial charge is 0.289 e. The lowest BCUT2D eigenvalue weighted by atomic mass is 10.3. The Labute approximate surface area is 121 Å². The van der Waals surface area contributed by atoms with Gasteiger partial charge in [-0.3, -0.25) is 10.1 Å². The molecule has 0 saturated carbocycles. The summed E-state index contributed by atoms with van der Waals surface area (Å²) in [5, 5.41) is 14.3. The lowest BCUT2D eigenvalue weighted by Crippen LogP contribution is -2.51. The standard InChI is InChI=1S/C11H14ClN3O4S/c1-8-7-14(5-4-13-8)20(18,19)11-6-9(12)2-3-10(11)15(16)17/h2-3,6,8,13H,4-5,7H2,1H3. The Balaban J connectivity index is 2.48. The van der Waals surface area contributed by atoms with Gasteiger partial charge in [-0.2, -0.15) is 4.31 Å². The number of nitro groups is 1. The van der Waals surface area contributed by atoms with Gasteiger partial charge in [-0.1, -0.05) is 11.6 Å². The maximum absolute atomic E-state index is 12.5. The van der Waals surface area contributed by atoms with Crippen LogP contribution in [0.5, 0.6) is 0 Å². The van der Waals surface area contributed by atoms with Gasteiger partial charge >= 0.3 is 0 Å². The first-order valence-corrected chi connectivity index (χ1v) is 7.81. The number of nitrogens with zero attached hydrogens (tertiary/aromatic N) is 2. The van der Waals surface area contributed by atoms with Crippen molar-refractivity contribution < 1.29 is 13.3 Å². The lowest BCUT2D eigenvalue weighted by Gasteiger charge is -2.30. The van der Waals surface area contributed by atoms with Gasteiger partial charge in [-0.25, -0.2) is 8.42 Å². The Kier molecular flexibility index (Phi) is 4.28. The summed E-state index contributed by atoms with van der Waals surface area (Å²) in [6.45, 7) is 2.91. The van der Waals surface area contributed by atoms with Crippen LogP contribution in [0.4, 0.5) is 5.69 Å². The van der Waals surface area contributed by atoms with Gasteiger partial charge < -0.3 is 5.32 Å². The predicted octanol–water partition coefficient (Wildman–Crippen LogP) is 1.23. The van der Waals surface area contributed by atoms with E-state index in [2.05, 4.69) is 5.32 Å². The van der Waals surface area contributed by atoms with Crippen molar-refractivity contribution in [2.45, 2.75) is 17.9 Å². The van der Waals surface area contributed by atoms with Gasteiger partial charge in [0.2, 0.25) is 10.0 Å². The molecule has 0 bridgehead atoms. The van der Waals surface area contributed by atoms with Crippen LogP contribution in [0.2, 0.25) is 5.02 Å². The molecule has 110 valence electrons. The van der Waals surface area contributed by atoms with Gasteiger partial charge in [-0.15, -0.1) is 0 Å². The molecule has 20 heavy (non-hydrogen) atoms. The van der Waals surface area contributed by atoms with Crippen molar-refractivity contribution in [3.63, 3.8) is 0 Å². The van der Waals surface area contributed by atoms with Crippen LogP contribution in [0.15, 0.2) is 23.1 Å². The molecule has 1 aromatic rings. The van der Waals surface area contributed by atoms with Gasteiger partial charge in [0.25, 0.3) is 5.69 Å². The van der Waals surface area contributed by atoms with Crippen LogP contribution >= 0.6 is 11.6 Å². The summed E-state index contributed by atoms with van der Waals surface area (Å²) >= 11 is 5.78. The van der Waals surface area contributed by atoms with Crippen LogP contribution in [0.25, 0.3) is 0 Å². The lowest BCUT2D eigenvalue weighted by molar-refractivity contribution is -0.387. The highest BCUT2D eigenvalue weighted by Gasteiger charge is 2.34. The second-order valence-corrected chi connectivity index (χ2v) is 6.93. The van der Waals surface area contributed by atoms with Crippen molar-refractivity contribution >= 4 is 27.3 Å². The molecule has 1 heterocycles. The number of halogens is 1. The molecule has 1 aromatic carbocycles. The molecule has 1 aliphatic rings. The summed E-state index contributed by atoms with van der Waals surface area (Å²) < 4.78 is 26.3. The van der Waals surface area contributed by atoms with E-state index < -0.39 is 20.6 Å². The third kappa shape index (κ3) is 2.93. The number of sulfonamides is 1. The van der Waals surface area contributed by atoms with Gasteiger partial charge in [0.15, 0.2) is 4.90 Å². The van der Waals surface area contributed by atoms with Crippen LogP contribution in [-0.2, 0) is 10.0 Å². The highest BCUT2D eigenvalue weighted by Crippen LogP contribution is 2.29. The zero-order chi connectivity index (χ0) is 14.9.